The molecule has 0 aliphatic heterocycles. The van der Waals surface area contributed by atoms with Gasteiger partial charge >= 0.3 is 0 Å². The minimum absolute atomic E-state index is 0.619. The fourth-order valence-corrected chi connectivity index (χ4v) is 1.65. The number of halogens is 1. The standard InChI is InChI=1S/C9H10ClN3/c10-8-6-12-9-3-1-2-7(4-5-11)13(8)9/h1-3,6H,4-5,11H2. The summed E-state index contributed by atoms with van der Waals surface area (Å²) in [5.74, 6) is 0. The Bertz CT molecular complexity index is 422. The first-order valence-corrected chi connectivity index (χ1v) is 4.51. The summed E-state index contributed by atoms with van der Waals surface area (Å²) in [6, 6.07) is 5.89. The van der Waals surface area contributed by atoms with Gasteiger partial charge in [0.1, 0.15) is 10.8 Å². The second kappa shape index (κ2) is 3.36. The van der Waals surface area contributed by atoms with Gasteiger partial charge < -0.3 is 5.73 Å². The maximum absolute atomic E-state index is 5.97. The number of fused-ring (bicyclic) bond motifs is 1. The van der Waals surface area contributed by atoms with Crippen molar-refractivity contribution in [2.24, 2.45) is 5.73 Å². The Morgan fingerprint density at radius 2 is 2.31 bits per heavy atom. The van der Waals surface area contributed by atoms with E-state index in [1.807, 2.05) is 22.6 Å². The molecular weight excluding hydrogens is 186 g/mol. The molecule has 2 heterocycles. The van der Waals surface area contributed by atoms with Crippen LogP contribution in [0.25, 0.3) is 5.65 Å². The van der Waals surface area contributed by atoms with Crippen molar-refractivity contribution in [3.05, 3.63) is 35.2 Å². The van der Waals surface area contributed by atoms with E-state index in [4.69, 9.17) is 17.3 Å². The molecule has 0 aliphatic carbocycles. The van der Waals surface area contributed by atoms with Crippen LogP contribution in [0.2, 0.25) is 5.15 Å². The number of aromatic nitrogens is 2. The molecule has 0 spiro atoms. The van der Waals surface area contributed by atoms with Crippen molar-refractivity contribution >= 4 is 17.2 Å². The van der Waals surface area contributed by atoms with Gasteiger partial charge in [0.05, 0.1) is 6.20 Å². The van der Waals surface area contributed by atoms with Crippen LogP contribution in [-0.4, -0.2) is 15.9 Å². The van der Waals surface area contributed by atoms with Crippen LogP contribution in [0.4, 0.5) is 0 Å². The highest BCUT2D eigenvalue weighted by Crippen LogP contribution is 2.14. The smallest absolute Gasteiger partial charge is 0.138 e. The molecule has 0 bridgehead atoms. The third kappa shape index (κ3) is 1.41. The Labute approximate surface area is 81.1 Å². The van der Waals surface area contributed by atoms with Crippen LogP contribution in [0.1, 0.15) is 5.69 Å². The van der Waals surface area contributed by atoms with Crippen molar-refractivity contribution in [3.8, 4) is 0 Å². The van der Waals surface area contributed by atoms with Crippen molar-refractivity contribution in [1.29, 1.82) is 0 Å². The molecule has 2 aromatic rings. The maximum Gasteiger partial charge on any atom is 0.138 e. The molecule has 0 saturated carbocycles. The van der Waals surface area contributed by atoms with Gasteiger partial charge in [0.2, 0.25) is 0 Å². The minimum atomic E-state index is 0.619. The number of imidazole rings is 1. The third-order valence-corrected chi connectivity index (χ3v) is 2.23. The van der Waals surface area contributed by atoms with E-state index < -0.39 is 0 Å². The highest BCUT2D eigenvalue weighted by atomic mass is 35.5. The molecule has 0 fully saturated rings. The minimum Gasteiger partial charge on any atom is -0.330 e. The Morgan fingerprint density at radius 3 is 3.08 bits per heavy atom. The third-order valence-electron chi connectivity index (χ3n) is 1.97. The van der Waals surface area contributed by atoms with Gasteiger partial charge in [-0.15, -0.1) is 0 Å². The zero-order valence-corrected chi connectivity index (χ0v) is 7.83. The molecular formula is C9H10ClN3. The Balaban J connectivity index is 2.65. The molecule has 0 unspecified atom stereocenters. The first kappa shape index (κ1) is 8.53. The lowest BCUT2D eigenvalue weighted by Crippen LogP contribution is -2.06. The van der Waals surface area contributed by atoms with Crippen LogP contribution in [0, 0.1) is 0 Å². The van der Waals surface area contributed by atoms with E-state index in [1.54, 1.807) is 6.20 Å². The molecule has 2 N–H and O–H groups in total. The van der Waals surface area contributed by atoms with E-state index in [-0.39, 0.29) is 0 Å². The molecule has 0 amide bonds. The van der Waals surface area contributed by atoms with Gasteiger partial charge in [-0.25, -0.2) is 4.98 Å². The topological polar surface area (TPSA) is 43.3 Å². The molecule has 0 atom stereocenters. The number of hydrogen-bond acceptors (Lipinski definition) is 2. The first-order chi connectivity index (χ1) is 6.33. The van der Waals surface area contributed by atoms with Crippen LogP contribution < -0.4 is 5.73 Å². The predicted octanol–water partition coefficient (Wildman–Crippen LogP) is 1.49. The molecule has 0 aromatic carbocycles. The van der Waals surface area contributed by atoms with Crippen molar-refractivity contribution in [3.63, 3.8) is 0 Å². The first-order valence-electron chi connectivity index (χ1n) is 4.14. The average molecular weight is 196 g/mol. The Hall–Kier alpha value is -1.06. The van der Waals surface area contributed by atoms with E-state index in [0.717, 1.165) is 17.8 Å². The van der Waals surface area contributed by atoms with Gasteiger partial charge in [-0.2, -0.15) is 0 Å². The summed E-state index contributed by atoms with van der Waals surface area (Å²) in [6.07, 6.45) is 2.46. The molecule has 3 nitrogen and oxygen atoms in total. The second-order valence-corrected chi connectivity index (χ2v) is 3.22. The quantitative estimate of drug-likeness (QED) is 0.789. The Morgan fingerprint density at radius 1 is 1.46 bits per heavy atom. The largest absolute Gasteiger partial charge is 0.330 e. The highest BCUT2D eigenvalue weighted by Gasteiger charge is 2.03. The summed E-state index contributed by atoms with van der Waals surface area (Å²) in [7, 11) is 0. The van der Waals surface area contributed by atoms with Gasteiger partial charge in [0.15, 0.2) is 0 Å². The SMILES string of the molecule is NCCc1cccc2ncc(Cl)n12. The summed E-state index contributed by atoms with van der Waals surface area (Å²) in [6.45, 7) is 0.619. The lowest BCUT2D eigenvalue weighted by molar-refractivity contribution is 0.896. The lowest BCUT2D eigenvalue weighted by atomic mass is 10.2. The fourth-order valence-electron chi connectivity index (χ4n) is 1.41. The second-order valence-electron chi connectivity index (χ2n) is 2.83. The molecule has 2 rings (SSSR count). The predicted molar refractivity (Wildman–Crippen MR) is 53.0 cm³/mol. The van der Waals surface area contributed by atoms with Crippen molar-refractivity contribution < 1.29 is 0 Å². The van der Waals surface area contributed by atoms with E-state index in [0.29, 0.717) is 11.7 Å². The monoisotopic (exact) mass is 195 g/mol. The summed E-state index contributed by atoms with van der Waals surface area (Å²) in [5, 5.41) is 0.638. The number of rotatable bonds is 2. The number of nitrogens with zero attached hydrogens (tertiary/aromatic N) is 2. The lowest BCUT2D eigenvalue weighted by Gasteiger charge is -2.03. The van der Waals surface area contributed by atoms with E-state index in [1.165, 1.54) is 0 Å². The molecule has 4 heteroatoms. The summed E-state index contributed by atoms with van der Waals surface area (Å²) < 4.78 is 1.91. The van der Waals surface area contributed by atoms with Crippen LogP contribution in [0.15, 0.2) is 24.4 Å². The molecule has 68 valence electrons. The molecule has 0 aliphatic rings. The number of hydrogen-bond donors (Lipinski definition) is 1. The highest BCUT2D eigenvalue weighted by molar-refractivity contribution is 6.29. The van der Waals surface area contributed by atoms with E-state index in [2.05, 4.69) is 4.98 Å². The fraction of sp³-hybridized carbons (Fsp3) is 0.222. The maximum atomic E-state index is 5.97. The zero-order chi connectivity index (χ0) is 9.26. The van der Waals surface area contributed by atoms with Crippen molar-refractivity contribution in [1.82, 2.24) is 9.38 Å². The zero-order valence-electron chi connectivity index (χ0n) is 7.07. The van der Waals surface area contributed by atoms with Crippen LogP contribution in [0.3, 0.4) is 0 Å². The number of nitrogens with two attached hydrogens (primary N) is 1. The molecule has 0 saturated heterocycles. The summed E-state index contributed by atoms with van der Waals surface area (Å²) in [5.41, 5.74) is 7.46. The van der Waals surface area contributed by atoms with E-state index in [9.17, 15) is 0 Å². The number of pyridine rings is 1. The van der Waals surface area contributed by atoms with Crippen molar-refractivity contribution in [2.75, 3.05) is 6.54 Å². The average Bonchev–Trinajstić information content (AvgIpc) is 2.50. The van der Waals surface area contributed by atoms with Crippen LogP contribution in [0.5, 0.6) is 0 Å². The molecule has 0 radical (unpaired) electrons. The van der Waals surface area contributed by atoms with Gasteiger partial charge in [-0.1, -0.05) is 17.7 Å². The normalized spacial score (nSPS) is 10.9. The van der Waals surface area contributed by atoms with Gasteiger partial charge in [-0.05, 0) is 18.7 Å². The molecule has 2 aromatic heterocycles. The van der Waals surface area contributed by atoms with Crippen LogP contribution >= 0.6 is 11.6 Å². The molecule has 13 heavy (non-hydrogen) atoms. The Kier molecular flexibility index (Phi) is 2.20. The van der Waals surface area contributed by atoms with Crippen molar-refractivity contribution in [2.45, 2.75) is 6.42 Å². The van der Waals surface area contributed by atoms with Gasteiger partial charge in [0.25, 0.3) is 0 Å². The summed E-state index contributed by atoms with van der Waals surface area (Å²) in [4.78, 5) is 4.15. The van der Waals surface area contributed by atoms with Crippen LogP contribution in [-0.2, 0) is 6.42 Å². The summed E-state index contributed by atoms with van der Waals surface area (Å²) >= 11 is 5.97. The van der Waals surface area contributed by atoms with Gasteiger partial charge in [-0.3, -0.25) is 4.40 Å². The van der Waals surface area contributed by atoms with Gasteiger partial charge in [0, 0.05) is 12.1 Å². The van der Waals surface area contributed by atoms with E-state index >= 15 is 0 Å².